The molecule has 1 aliphatic rings. The molecule has 0 aliphatic carbocycles. The number of aliphatic hydroxyl groups is 1. The van der Waals surface area contributed by atoms with Crippen molar-refractivity contribution in [2.24, 2.45) is 5.92 Å². The molecular formula is C13H27NO2. The van der Waals surface area contributed by atoms with E-state index in [1.807, 2.05) is 0 Å². The Morgan fingerprint density at radius 3 is 2.25 bits per heavy atom. The Balaban J connectivity index is 2.52. The molecule has 0 saturated carbocycles. The molecule has 96 valence electrons. The van der Waals surface area contributed by atoms with Gasteiger partial charge in [0.25, 0.3) is 0 Å². The zero-order chi connectivity index (χ0) is 12.2. The minimum absolute atomic E-state index is 0.343. The summed E-state index contributed by atoms with van der Waals surface area (Å²) in [5.74, 6) is 0.343. The molecule has 16 heavy (non-hydrogen) atoms. The SMILES string of the molecule is CCCN(CC(CC)C1(O)COC1)C(C)C. The fraction of sp³-hybridized carbons (Fsp3) is 1.00. The Morgan fingerprint density at radius 2 is 1.94 bits per heavy atom. The first kappa shape index (κ1) is 13.9. The van der Waals surface area contributed by atoms with Crippen LogP contribution < -0.4 is 0 Å². The van der Waals surface area contributed by atoms with Crippen molar-refractivity contribution < 1.29 is 9.84 Å². The van der Waals surface area contributed by atoms with E-state index in [0.29, 0.717) is 25.2 Å². The van der Waals surface area contributed by atoms with E-state index in [-0.39, 0.29) is 0 Å². The third kappa shape index (κ3) is 3.19. The second kappa shape index (κ2) is 5.99. The maximum atomic E-state index is 10.3. The first-order chi connectivity index (χ1) is 7.53. The second-order valence-corrected chi connectivity index (χ2v) is 5.29. The van der Waals surface area contributed by atoms with Gasteiger partial charge in [0, 0.05) is 18.5 Å². The lowest BCUT2D eigenvalue weighted by atomic mass is 9.83. The summed E-state index contributed by atoms with van der Waals surface area (Å²) in [6.45, 7) is 12.0. The minimum Gasteiger partial charge on any atom is -0.385 e. The van der Waals surface area contributed by atoms with Gasteiger partial charge in [-0.05, 0) is 33.2 Å². The number of hydrogen-bond donors (Lipinski definition) is 1. The molecule has 1 rings (SSSR count). The van der Waals surface area contributed by atoms with Crippen molar-refractivity contribution in [1.29, 1.82) is 0 Å². The molecule has 1 atom stereocenters. The van der Waals surface area contributed by atoms with Crippen molar-refractivity contribution in [1.82, 2.24) is 4.90 Å². The Kier molecular flexibility index (Phi) is 5.22. The number of hydrogen-bond acceptors (Lipinski definition) is 3. The highest BCUT2D eigenvalue weighted by Gasteiger charge is 2.43. The van der Waals surface area contributed by atoms with Gasteiger partial charge in [-0.15, -0.1) is 0 Å². The molecule has 3 heteroatoms. The summed E-state index contributed by atoms with van der Waals surface area (Å²) in [5, 5.41) is 10.3. The average Bonchev–Trinajstić information content (AvgIpc) is 2.20. The van der Waals surface area contributed by atoms with Gasteiger partial charge < -0.3 is 14.7 Å². The lowest BCUT2D eigenvalue weighted by Crippen LogP contribution is -2.58. The van der Waals surface area contributed by atoms with Crippen LogP contribution in [0.4, 0.5) is 0 Å². The molecule has 0 aromatic heterocycles. The Labute approximate surface area is 99.8 Å². The van der Waals surface area contributed by atoms with Gasteiger partial charge in [-0.2, -0.15) is 0 Å². The van der Waals surface area contributed by atoms with Crippen LogP contribution in [0.15, 0.2) is 0 Å². The zero-order valence-corrected chi connectivity index (χ0v) is 11.2. The van der Waals surface area contributed by atoms with Crippen LogP contribution in [0, 0.1) is 5.92 Å². The average molecular weight is 229 g/mol. The number of nitrogens with zero attached hydrogens (tertiary/aromatic N) is 1. The van der Waals surface area contributed by atoms with E-state index >= 15 is 0 Å². The molecule has 3 nitrogen and oxygen atoms in total. The quantitative estimate of drug-likeness (QED) is 0.723. The highest BCUT2D eigenvalue weighted by Crippen LogP contribution is 2.29. The summed E-state index contributed by atoms with van der Waals surface area (Å²) in [6, 6.07) is 0.554. The highest BCUT2D eigenvalue weighted by molar-refractivity contribution is 4.93. The first-order valence-electron chi connectivity index (χ1n) is 6.57. The predicted octanol–water partition coefficient (Wildman–Crippen LogP) is 1.89. The van der Waals surface area contributed by atoms with Gasteiger partial charge in [0.2, 0.25) is 0 Å². The maximum Gasteiger partial charge on any atom is 0.115 e. The van der Waals surface area contributed by atoms with Crippen molar-refractivity contribution in [3.05, 3.63) is 0 Å². The summed E-state index contributed by atoms with van der Waals surface area (Å²) in [4.78, 5) is 2.46. The Morgan fingerprint density at radius 1 is 1.31 bits per heavy atom. The molecular weight excluding hydrogens is 202 g/mol. The van der Waals surface area contributed by atoms with E-state index in [4.69, 9.17) is 4.74 Å². The lowest BCUT2D eigenvalue weighted by Gasteiger charge is -2.44. The van der Waals surface area contributed by atoms with Crippen LogP contribution >= 0.6 is 0 Å². The summed E-state index contributed by atoms with van der Waals surface area (Å²) in [6.07, 6.45) is 2.19. The van der Waals surface area contributed by atoms with Crippen molar-refractivity contribution in [3.8, 4) is 0 Å². The van der Waals surface area contributed by atoms with Gasteiger partial charge in [-0.25, -0.2) is 0 Å². The normalized spacial score (nSPS) is 21.2. The molecule has 0 aromatic carbocycles. The fourth-order valence-corrected chi connectivity index (χ4v) is 2.36. The van der Waals surface area contributed by atoms with Gasteiger partial charge in [0.1, 0.15) is 5.60 Å². The Bertz CT molecular complexity index is 202. The van der Waals surface area contributed by atoms with Crippen LogP contribution in [0.2, 0.25) is 0 Å². The van der Waals surface area contributed by atoms with Crippen LogP contribution in [0.1, 0.15) is 40.5 Å². The summed E-state index contributed by atoms with van der Waals surface area (Å²) >= 11 is 0. The molecule has 1 heterocycles. The van der Waals surface area contributed by atoms with E-state index in [1.54, 1.807) is 0 Å². The number of rotatable bonds is 7. The predicted molar refractivity (Wildman–Crippen MR) is 66.5 cm³/mol. The van der Waals surface area contributed by atoms with Crippen molar-refractivity contribution in [2.75, 3.05) is 26.3 Å². The van der Waals surface area contributed by atoms with Gasteiger partial charge in [-0.1, -0.05) is 13.8 Å². The molecule has 0 spiro atoms. The van der Waals surface area contributed by atoms with Gasteiger partial charge in [0.15, 0.2) is 0 Å². The summed E-state index contributed by atoms with van der Waals surface area (Å²) in [7, 11) is 0. The third-order valence-corrected chi connectivity index (χ3v) is 3.65. The van der Waals surface area contributed by atoms with Gasteiger partial charge >= 0.3 is 0 Å². The topological polar surface area (TPSA) is 32.7 Å². The van der Waals surface area contributed by atoms with Crippen LogP contribution in [0.25, 0.3) is 0 Å². The highest BCUT2D eigenvalue weighted by atomic mass is 16.5. The first-order valence-corrected chi connectivity index (χ1v) is 6.57. The maximum absolute atomic E-state index is 10.3. The van der Waals surface area contributed by atoms with Gasteiger partial charge in [-0.3, -0.25) is 0 Å². The van der Waals surface area contributed by atoms with E-state index in [2.05, 4.69) is 32.6 Å². The number of ether oxygens (including phenoxy) is 1. The van der Waals surface area contributed by atoms with E-state index in [0.717, 1.165) is 19.5 Å². The van der Waals surface area contributed by atoms with Crippen LogP contribution in [-0.2, 0) is 4.74 Å². The van der Waals surface area contributed by atoms with Crippen LogP contribution in [0.5, 0.6) is 0 Å². The zero-order valence-electron chi connectivity index (χ0n) is 11.2. The lowest BCUT2D eigenvalue weighted by molar-refractivity contribution is -0.211. The minimum atomic E-state index is -0.560. The van der Waals surface area contributed by atoms with E-state index in [9.17, 15) is 5.11 Å². The second-order valence-electron chi connectivity index (χ2n) is 5.29. The monoisotopic (exact) mass is 229 g/mol. The fourth-order valence-electron chi connectivity index (χ4n) is 2.36. The summed E-state index contributed by atoms with van der Waals surface area (Å²) < 4.78 is 5.15. The van der Waals surface area contributed by atoms with Crippen LogP contribution in [0.3, 0.4) is 0 Å². The summed E-state index contributed by atoms with van der Waals surface area (Å²) in [5.41, 5.74) is -0.560. The molecule has 1 N–H and O–H groups in total. The standard InChI is InChI=1S/C13H27NO2/c1-5-7-14(11(3)4)8-12(6-2)13(15)9-16-10-13/h11-12,15H,5-10H2,1-4H3. The van der Waals surface area contributed by atoms with E-state index in [1.165, 1.54) is 6.42 Å². The van der Waals surface area contributed by atoms with Crippen molar-refractivity contribution >= 4 is 0 Å². The molecule has 1 fully saturated rings. The molecule has 0 bridgehead atoms. The van der Waals surface area contributed by atoms with Gasteiger partial charge in [0.05, 0.1) is 13.2 Å². The molecule has 1 aliphatic heterocycles. The van der Waals surface area contributed by atoms with E-state index < -0.39 is 5.60 Å². The largest absolute Gasteiger partial charge is 0.385 e. The molecule has 0 radical (unpaired) electrons. The molecule has 1 unspecified atom stereocenters. The van der Waals surface area contributed by atoms with Crippen molar-refractivity contribution in [2.45, 2.75) is 52.2 Å². The Hall–Kier alpha value is -0.120. The molecule has 0 aromatic rings. The smallest absolute Gasteiger partial charge is 0.115 e. The molecule has 1 saturated heterocycles. The third-order valence-electron chi connectivity index (χ3n) is 3.65. The van der Waals surface area contributed by atoms with Crippen LogP contribution in [-0.4, -0.2) is 48.0 Å². The molecule has 0 amide bonds. The van der Waals surface area contributed by atoms with Crippen molar-refractivity contribution in [3.63, 3.8) is 0 Å².